The summed E-state index contributed by atoms with van der Waals surface area (Å²) >= 11 is 1.86. The summed E-state index contributed by atoms with van der Waals surface area (Å²) in [5.74, 6) is 1.88. The zero-order valence-corrected chi connectivity index (χ0v) is 7.08. The van der Waals surface area contributed by atoms with E-state index in [0.29, 0.717) is 5.57 Å². The Morgan fingerprint density at radius 1 is 1.64 bits per heavy atom. The molecule has 0 aromatic heterocycles. The fourth-order valence-electron chi connectivity index (χ4n) is 1.57. The first kappa shape index (κ1) is 7.22. The second-order valence-corrected chi connectivity index (χ2v) is 4.26. The smallest absolute Gasteiger partial charge is 0.334 e. The fourth-order valence-corrected chi connectivity index (χ4v) is 2.91. The standard InChI is InChI=1S/C8H10O2S/c1-6-4-8(10-7(6)9)2-3-11-5-8/h1-5H2. The van der Waals surface area contributed by atoms with Crippen molar-refractivity contribution < 1.29 is 9.53 Å². The van der Waals surface area contributed by atoms with Gasteiger partial charge in [-0.15, -0.1) is 0 Å². The van der Waals surface area contributed by atoms with Crippen LogP contribution in [0.5, 0.6) is 0 Å². The maximum Gasteiger partial charge on any atom is 0.334 e. The monoisotopic (exact) mass is 170 g/mol. The van der Waals surface area contributed by atoms with Gasteiger partial charge in [-0.1, -0.05) is 6.58 Å². The Balaban J connectivity index is 2.18. The molecule has 0 bridgehead atoms. The first-order chi connectivity index (χ1) is 5.22. The largest absolute Gasteiger partial charge is 0.454 e. The van der Waals surface area contributed by atoms with E-state index in [0.717, 1.165) is 24.3 Å². The van der Waals surface area contributed by atoms with Crippen LogP contribution in [0.25, 0.3) is 0 Å². The normalized spacial score (nSPS) is 36.7. The average molecular weight is 170 g/mol. The molecule has 2 heterocycles. The van der Waals surface area contributed by atoms with E-state index in [1.54, 1.807) is 0 Å². The maximum atomic E-state index is 11.0. The molecule has 2 fully saturated rings. The second kappa shape index (κ2) is 2.27. The minimum Gasteiger partial charge on any atom is -0.454 e. The Morgan fingerprint density at radius 3 is 2.91 bits per heavy atom. The minimum absolute atomic E-state index is 0.154. The maximum absolute atomic E-state index is 11.0. The zero-order valence-electron chi connectivity index (χ0n) is 6.26. The molecule has 0 aromatic rings. The highest BCUT2D eigenvalue weighted by atomic mass is 32.2. The topological polar surface area (TPSA) is 26.3 Å². The molecule has 0 aromatic carbocycles. The molecule has 60 valence electrons. The summed E-state index contributed by atoms with van der Waals surface area (Å²) in [6, 6.07) is 0. The predicted molar refractivity (Wildman–Crippen MR) is 44.5 cm³/mol. The highest BCUT2D eigenvalue weighted by Gasteiger charge is 2.45. The quantitative estimate of drug-likeness (QED) is 0.405. The van der Waals surface area contributed by atoms with Crippen molar-refractivity contribution in [2.45, 2.75) is 18.4 Å². The van der Waals surface area contributed by atoms with Gasteiger partial charge in [0.05, 0.1) is 0 Å². The van der Waals surface area contributed by atoms with Gasteiger partial charge in [0.15, 0.2) is 0 Å². The fraction of sp³-hybridized carbons (Fsp3) is 0.625. The van der Waals surface area contributed by atoms with Crippen molar-refractivity contribution in [3.63, 3.8) is 0 Å². The van der Waals surface area contributed by atoms with Crippen LogP contribution in [0.3, 0.4) is 0 Å². The summed E-state index contributed by atoms with van der Waals surface area (Å²) in [4.78, 5) is 11.0. The molecule has 2 rings (SSSR count). The van der Waals surface area contributed by atoms with Gasteiger partial charge in [-0.3, -0.25) is 0 Å². The lowest BCUT2D eigenvalue weighted by atomic mass is 9.98. The summed E-state index contributed by atoms with van der Waals surface area (Å²) in [6.45, 7) is 3.67. The molecule has 2 aliphatic heterocycles. The van der Waals surface area contributed by atoms with Crippen LogP contribution in [-0.2, 0) is 9.53 Å². The van der Waals surface area contributed by atoms with Crippen LogP contribution in [0.15, 0.2) is 12.2 Å². The number of hydrogen-bond acceptors (Lipinski definition) is 3. The molecule has 2 aliphatic rings. The number of esters is 1. The summed E-state index contributed by atoms with van der Waals surface area (Å²) in [5.41, 5.74) is 0.492. The number of carbonyl (C=O) groups excluding carboxylic acids is 1. The molecule has 0 radical (unpaired) electrons. The first-order valence-electron chi connectivity index (χ1n) is 3.71. The molecule has 1 atom stereocenters. The van der Waals surface area contributed by atoms with Gasteiger partial charge in [-0.2, -0.15) is 11.8 Å². The van der Waals surface area contributed by atoms with Crippen LogP contribution in [0, 0.1) is 0 Å². The van der Waals surface area contributed by atoms with Gasteiger partial charge >= 0.3 is 5.97 Å². The SMILES string of the molecule is C=C1CC2(CCSC2)OC1=O. The molecule has 0 aliphatic carbocycles. The molecule has 3 heteroatoms. The predicted octanol–water partition coefficient (Wildman–Crippen LogP) is 1.37. The highest BCUT2D eigenvalue weighted by Crippen LogP contribution is 2.40. The lowest BCUT2D eigenvalue weighted by Crippen LogP contribution is -2.27. The Labute approximate surface area is 70.0 Å². The van der Waals surface area contributed by atoms with Crippen molar-refractivity contribution in [3.05, 3.63) is 12.2 Å². The first-order valence-corrected chi connectivity index (χ1v) is 4.86. The van der Waals surface area contributed by atoms with Gasteiger partial charge in [0.1, 0.15) is 5.60 Å². The molecule has 2 nitrogen and oxygen atoms in total. The number of hydrogen-bond donors (Lipinski definition) is 0. The van der Waals surface area contributed by atoms with E-state index < -0.39 is 0 Å². The molecule has 0 saturated carbocycles. The van der Waals surface area contributed by atoms with E-state index in [9.17, 15) is 4.79 Å². The highest BCUT2D eigenvalue weighted by molar-refractivity contribution is 7.99. The van der Waals surface area contributed by atoms with E-state index in [4.69, 9.17) is 4.74 Å². The molecule has 0 amide bonds. The molecule has 0 N–H and O–H groups in total. The summed E-state index contributed by atoms with van der Waals surface area (Å²) in [5, 5.41) is 0. The van der Waals surface area contributed by atoms with Gasteiger partial charge < -0.3 is 4.74 Å². The molecule has 11 heavy (non-hydrogen) atoms. The molecular formula is C8H10O2S. The van der Waals surface area contributed by atoms with Crippen LogP contribution in [0.1, 0.15) is 12.8 Å². The Hall–Kier alpha value is -0.440. The van der Waals surface area contributed by atoms with Crippen LogP contribution in [0.4, 0.5) is 0 Å². The lowest BCUT2D eigenvalue weighted by Gasteiger charge is -2.18. The van der Waals surface area contributed by atoms with E-state index in [2.05, 4.69) is 6.58 Å². The lowest BCUT2D eigenvalue weighted by molar-refractivity contribution is -0.144. The van der Waals surface area contributed by atoms with Gasteiger partial charge in [0.2, 0.25) is 0 Å². The zero-order chi connectivity index (χ0) is 7.90. The van der Waals surface area contributed by atoms with E-state index in [-0.39, 0.29) is 11.6 Å². The van der Waals surface area contributed by atoms with Crippen molar-refractivity contribution in [1.82, 2.24) is 0 Å². The van der Waals surface area contributed by atoms with Gasteiger partial charge in [-0.25, -0.2) is 4.79 Å². The van der Waals surface area contributed by atoms with E-state index in [1.165, 1.54) is 0 Å². The van der Waals surface area contributed by atoms with Crippen molar-refractivity contribution in [1.29, 1.82) is 0 Å². The third kappa shape index (κ3) is 1.07. The van der Waals surface area contributed by atoms with Crippen molar-refractivity contribution in [2.75, 3.05) is 11.5 Å². The Bertz CT molecular complexity index is 198. The minimum atomic E-state index is -0.187. The molecule has 1 unspecified atom stereocenters. The average Bonchev–Trinajstić information content (AvgIpc) is 2.46. The number of thioether (sulfide) groups is 1. The molecule has 1 spiro atoms. The number of rotatable bonds is 0. The summed E-state index contributed by atoms with van der Waals surface area (Å²) in [7, 11) is 0. The van der Waals surface area contributed by atoms with Gasteiger partial charge in [0.25, 0.3) is 0 Å². The van der Waals surface area contributed by atoms with Crippen LogP contribution < -0.4 is 0 Å². The molecular weight excluding hydrogens is 160 g/mol. The third-order valence-electron chi connectivity index (χ3n) is 2.20. The van der Waals surface area contributed by atoms with Gasteiger partial charge in [0, 0.05) is 17.7 Å². The third-order valence-corrected chi connectivity index (χ3v) is 3.42. The van der Waals surface area contributed by atoms with Gasteiger partial charge in [-0.05, 0) is 12.2 Å². The number of carbonyl (C=O) groups is 1. The number of ether oxygens (including phenoxy) is 1. The Kier molecular flexibility index (Phi) is 1.49. The van der Waals surface area contributed by atoms with Crippen LogP contribution in [-0.4, -0.2) is 23.1 Å². The van der Waals surface area contributed by atoms with Crippen LogP contribution in [0.2, 0.25) is 0 Å². The summed E-state index contributed by atoms with van der Waals surface area (Å²) < 4.78 is 5.26. The van der Waals surface area contributed by atoms with Crippen molar-refractivity contribution in [2.24, 2.45) is 0 Å². The summed E-state index contributed by atoms with van der Waals surface area (Å²) in [6.07, 6.45) is 1.75. The van der Waals surface area contributed by atoms with Crippen molar-refractivity contribution in [3.8, 4) is 0 Å². The van der Waals surface area contributed by atoms with E-state index in [1.807, 2.05) is 11.8 Å². The van der Waals surface area contributed by atoms with E-state index >= 15 is 0 Å². The Morgan fingerprint density at radius 2 is 2.45 bits per heavy atom. The second-order valence-electron chi connectivity index (χ2n) is 3.16. The van der Waals surface area contributed by atoms with Crippen molar-refractivity contribution >= 4 is 17.7 Å². The molecule has 2 saturated heterocycles. The van der Waals surface area contributed by atoms with Crippen LogP contribution >= 0.6 is 11.8 Å².